The van der Waals surface area contributed by atoms with Crippen LogP contribution in [0.1, 0.15) is 37.7 Å². The molecule has 4 rings (SSSR count). The van der Waals surface area contributed by atoms with E-state index >= 15 is 0 Å². The largest absolute Gasteiger partial charge is 0.411 e. The molecule has 2 atom stereocenters. The van der Waals surface area contributed by atoms with Gasteiger partial charge in [0.2, 0.25) is 11.8 Å². The number of benzene rings is 1. The third-order valence-electron chi connectivity index (χ3n) is 5.63. The monoisotopic (exact) mass is 371 g/mol. The number of aromatic nitrogens is 2. The lowest BCUT2D eigenvalue weighted by Gasteiger charge is -2.41. The summed E-state index contributed by atoms with van der Waals surface area (Å²) in [5, 5.41) is 8.65. The summed E-state index contributed by atoms with van der Waals surface area (Å²) in [4.78, 5) is 14.6. The second kappa shape index (κ2) is 7.82. The lowest BCUT2D eigenvalue weighted by molar-refractivity contribution is -0.131. The molecule has 0 spiro atoms. The summed E-state index contributed by atoms with van der Waals surface area (Å²) in [5.41, 5.74) is 2.06. The van der Waals surface area contributed by atoms with Gasteiger partial charge in [0.1, 0.15) is 0 Å². The number of hydrogen-bond acceptors (Lipinski definition) is 5. The van der Waals surface area contributed by atoms with Crippen molar-refractivity contribution in [2.24, 2.45) is 11.8 Å². The zero-order chi connectivity index (χ0) is 17.9. The van der Waals surface area contributed by atoms with Crippen molar-refractivity contribution in [2.75, 3.05) is 18.8 Å². The number of carbonyl (C=O) groups is 1. The van der Waals surface area contributed by atoms with Crippen molar-refractivity contribution >= 4 is 17.7 Å². The number of thioether (sulfide) groups is 1. The van der Waals surface area contributed by atoms with E-state index in [0.29, 0.717) is 22.8 Å². The Kier molecular flexibility index (Phi) is 5.29. The van der Waals surface area contributed by atoms with E-state index in [-0.39, 0.29) is 5.91 Å². The standard InChI is InChI=1S/C20H25N3O2S/c1-14-5-4-8-16(11-14)19-21-22-20(25-19)26-13-18(24)23-10-9-15-6-2-3-7-17(15)12-23/h4-5,8,11,15,17H,2-3,6-7,9-10,12-13H2,1H3/t15-,17-/m0/s1. The SMILES string of the molecule is Cc1cccc(-c2nnc(SCC(=O)N3CC[C@@H]4CCCC[C@H]4C3)o2)c1. The van der Waals surface area contributed by atoms with Crippen molar-refractivity contribution in [1.82, 2.24) is 15.1 Å². The summed E-state index contributed by atoms with van der Waals surface area (Å²) in [6.07, 6.45) is 6.49. The molecule has 1 aliphatic heterocycles. The lowest BCUT2D eigenvalue weighted by atomic mass is 9.75. The van der Waals surface area contributed by atoms with Gasteiger partial charge in [-0.1, -0.05) is 48.7 Å². The third-order valence-corrected chi connectivity index (χ3v) is 6.44. The number of carbonyl (C=O) groups excluding carboxylic acids is 1. The van der Waals surface area contributed by atoms with Crippen LogP contribution in [0.4, 0.5) is 0 Å². The number of nitrogens with zero attached hydrogens (tertiary/aromatic N) is 3. The van der Waals surface area contributed by atoms with E-state index in [0.717, 1.165) is 30.1 Å². The molecule has 1 saturated heterocycles. The summed E-state index contributed by atoms with van der Waals surface area (Å²) in [6.45, 7) is 3.87. The molecule has 0 N–H and O–H groups in total. The average molecular weight is 372 g/mol. The molecule has 0 bridgehead atoms. The van der Waals surface area contributed by atoms with Gasteiger partial charge in [-0.2, -0.15) is 0 Å². The van der Waals surface area contributed by atoms with Crippen LogP contribution in [0.15, 0.2) is 33.9 Å². The van der Waals surface area contributed by atoms with E-state index in [2.05, 4.69) is 10.2 Å². The van der Waals surface area contributed by atoms with E-state index in [4.69, 9.17) is 4.42 Å². The van der Waals surface area contributed by atoms with Crippen LogP contribution in [-0.2, 0) is 4.79 Å². The second-order valence-electron chi connectivity index (χ2n) is 7.46. The highest BCUT2D eigenvalue weighted by molar-refractivity contribution is 7.99. The number of likely N-dealkylation sites (tertiary alicyclic amines) is 1. The van der Waals surface area contributed by atoms with Crippen LogP contribution in [0.3, 0.4) is 0 Å². The number of amides is 1. The van der Waals surface area contributed by atoms with Crippen LogP contribution in [0.5, 0.6) is 0 Å². The Labute approximate surface area is 158 Å². The first-order chi connectivity index (χ1) is 12.7. The highest BCUT2D eigenvalue weighted by Gasteiger charge is 2.32. The summed E-state index contributed by atoms with van der Waals surface area (Å²) >= 11 is 1.34. The molecule has 1 aliphatic carbocycles. The van der Waals surface area contributed by atoms with E-state index in [1.165, 1.54) is 43.9 Å². The molecule has 2 aromatic rings. The van der Waals surface area contributed by atoms with Crippen molar-refractivity contribution in [3.63, 3.8) is 0 Å². The normalized spacial score (nSPS) is 22.9. The van der Waals surface area contributed by atoms with Crippen molar-refractivity contribution in [3.05, 3.63) is 29.8 Å². The van der Waals surface area contributed by atoms with E-state index in [9.17, 15) is 4.79 Å². The Balaban J connectivity index is 1.32. The van der Waals surface area contributed by atoms with Gasteiger partial charge in [-0.25, -0.2) is 0 Å². The number of fused-ring (bicyclic) bond motifs is 1. The fraction of sp³-hybridized carbons (Fsp3) is 0.550. The summed E-state index contributed by atoms with van der Waals surface area (Å²) < 4.78 is 5.72. The van der Waals surface area contributed by atoms with Gasteiger partial charge < -0.3 is 9.32 Å². The maximum Gasteiger partial charge on any atom is 0.277 e. The minimum Gasteiger partial charge on any atom is -0.411 e. The molecule has 1 amide bonds. The zero-order valence-corrected chi connectivity index (χ0v) is 16.0. The van der Waals surface area contributed by atoms with Crippen LogP contribution in [0.25, 0.3) is 11.5 Å². The Morgan fingerprint density at radius 3 is 2.92 bits per heavy atom. The van der Waals surface area contributed by atoms with E-state index in [1.54, 1.807) is 0 Å². The van der Waals surface area contributed by atoms with Crippen LogP contribution in [0.2, 0.25) is 0 Å². The first kappa shape index (κ1) is 17.6. The predicted molar refractivity (Wildman–Crippen MR) is 102 cm³/mol. The third kappa shape index (κ3) is 3.95. The summed E-state index contributed by atoms with van der Waals surface area (Å²) in [6, 6.07) is 7.97. The molecular formula is C20H25N3O2S. The van der Waals surface area contributed by atoms with Gasteiger partial charge in [0.15, 0.2) is 0 Å². The first-order valence-corrected chi connectivity index (χ1v) is 10.5. The lowest BCUT2D eigenvalue weighted by Crippen LogP contribution is -2.45. The van der Waals surface area contributed by atoms with Crippen molar-refractivity contribution in [3.8, 4) is 11.5 Å². The second-order valence-corrected chi connectivity index (χ2v) is 8.39. The quantitative estimate of drug-likeness (QED) is 0.755. The van der Waals surface area contributed by atoms with Crippen molar-refractivity contribution in [2.45, 2.75) is 44.3 Å². The number of rotatable bonds is 4. The predicted octanol–water partition coefficient (Wildman–Crippen LogP) is 4.18. The molecule has 2 heterocycles. The van der Waals surface area contributed by atoms with Gasteiger partial charge >= 0.3 is 0 Å². The average Bonchev–Trinajstić information content (AvgIpc) is 3.15. The molecule has 2 fully saturated rings. The smallest absolute Gasteiger partial charge is 0.277 e. The summed E-state index contributed by atoms with van der Waals surface area (Å²) in [7, 11) is 0. The maximum absolute atomic E-state index is 12.6. The van der Waals surface area contributed by atoms with Gasteiger partial charge in [-0.05, 0) is 43.7 Å². The van der Waals surface area contributed by atoms with Crippen LogP contribution in [-0.4, -0.2) is 39.8 Å². The minimum atomic E-state index is 0.189. The van der Waals surface area contributed by atoms with Crippen molar-refractivity contribution < 1.29 is 9.21 Å². The van der Waals surface area contributed by atoms with Gasteiger partial charge in [0.25, 0.3) is 5.22 Å². The molecule has 5 nitrogen and oxygen atoms in total. The number of aryl methyl sites for hydroxylation is 1. The van der Waals surface area contributed by atoms with Crippen LogP contribution >= 0.6 is 11.8 Å². The molecule has 1 aromatic carbocycles. The van der Waals surface area contributed by atoms with Gasteiger partial charge in [0.05, 0.1) is 5.75 Å². The molecule has 0 radical (unpaired) electrons. The Hall–Kier alpha value is -1.82. The van der Waals surface area contributed by atoms with E-state index < -0.39 is 0 Å². The van der Waals surface area contributed by atoms with Crippen LogP contribution in [0, 0.1) is 18.8 Å². The Morgan fingerprint density at radius 1 is 1.23 bits per heavy atom. The molecule has 2 aliphatic rings. The molecule has 26 heavy (non-hydrogen) atoms. The van der Waals surface area contributed by atoms with Gasteiger partial charge in [-0.3, -0.25) is 4.79 Å². The molecule has 6 heteroatoms. The Bertz CT molecular complexity index is 776. The molecule has 0 unspecified atom stereocenters. The topological polar surface area (TPSA) is 59.2 Å². The minimum absolute atomic E-state index is 0.189. The number of piperidine rings is 1. The van der Waals surface area contributed by atoms with Crippen LogP contribution < -0.4 is 0 Å². The zero-order valence-electron chi connectivity index (χ0n) is 15.2. The number of hydrogen-bond donors (Lipinski definition) is 0. The molecule has 1 aromatic heterocycles. The molecule has 138 valence electrons. The van der Waals surface area contributed by atoms with Gasteiger partial charge in [0, 0.05) is 18.7 Å². The molecular weight excluding hydrogens is 346 g/mol. The fourth-order valence-electron chi connectivity index (χ4n) is 4.21. The van der Waals surface area contributed by atoms with Crippen molar-refractivity contribution in [1.29, 1.82) is 0 Å². The van der Waals surface area contributed by atoms with E-state index in [1.807, 2.05) is 36.1 Å². The van der Waals surface area contributed by atoms with Gasteiger partial charge in [-0.15, -0.1) is 10.2 Å². The Morgan fingerprint density at radius 2 is 2.08 bits per heavy atom. The highest BCUT2D eigenvalue weighted by Crippen LogP contribution is 2.36. The fourth-order valence-corrected chi connectivity index (χ4v) is 4.87. The summed E-state index contributed by atoms with van der Waals surface area (Å²) in [5.74, 6) is 2.62. The molecule has 1 saturated carbocycles. The highest BCUT2D eigenvalue weighted by atomic mass is 32.2. The maximum atomic E-state index is 12.6. The first-order valence-electron chi connectivity index (χ1n) is 9.50.